The van der Waals surface area contributed by atoms with E-state index in [9.17, 15) is 4.79 Å². The smallest absolute Gasteiger partial charge is 0.243 e. The molecule has 0 fully saturated rings. The molecule has 3 heteroatoms. The van der Waals surface area contributed by atoms with Crippen LogP contribution in [0.15, 0.2) is 54.6 Å². The number of rotatable bonds is 7. The van der Waals surface area contributed by atoms with E-state index in [0.29, 0.717) is 6.54 Å². The van der Waals surface area contributed by atoms with Gasteiger partial charge in [0.1, 0.15) is 5.75 Å². The third-order valence-electron chi connectivity index (χ3n) is 4.30. The maximum Gasteiger partial charge on any atom is 0.243 e. The van der Waals surface area contributed by atoms with Gasteiger partial charge in [0.25, 0.3) is 0 Å². The predicted octanol–water partition coefficient (Wildman–Crippen LogP) is 4.75. The molecule has 0 spiro atoms. The van der Waals surface area contributed by atoms with Gasteiger partial charge in [0, 0.05) is 12.6 Å². The molecule has 2 aromatic carbocycles. The van der Waals surface area contributed by atoms with Crippen molar-refractivity contribution in [1.82, 2.24) is 5.32 Å². The van der Waals surface area contributed by atoms with Gasteiger partial charge in [-0.15, -0.1) is 0 Å². The molecule has 0 radical (unpaired) electrons. The zero-order chi connectivity index (χ0) is 19.0. The minimum atomic E-state index is -0.0559. The first kappa shape index (κ1) is 19.8. The molecule has 0 aliphatic carbocycles. The van der Waals surface area contributed by atoms with Crippen LogP contribution in [0.2, 0.25) is 0 Å². The van der Waals surface area contributed by atoms with Crippen LogP contribution < -0.4 is 10.1 Å². The van der Waals surface area contributed by atoms with Crippen LogP contribution in [0.3, 0.4) is 0 Å². The number of ether oxygens (including phenoxy) is 1. The Labute approximate surface area is 157 Å². The molecule has 0 saturated carbocycles. The van der Waals surface area contributed by atoms with Crippen LogP contribution in [0.1, 0.15) is 43.9 Å². The van der Waals surface area contributed by atoms with Gasteiger partial charge in [0.2, 0.25) is 5.91 Å². The van der Waals surface area contributed by atoms with Gasteiger partial charge in [-0.2, -0.15) is 0 Å². The highest BCUT2D eigenvalue weighted by Gasteiger charge is 2.12. The van der Waals surface area contributed by atoms with Crippen LogP contribution >= 0.6 is 0 Å². The fourth-order valence-corrected chi connectivity index (χ4v) is 2.62. The summed E-state index contributed by atoms with van der Waals surface area (Å²) < 4.78 is 5.15. The molecule has 0 heterocycles. The number of carbonyl (C=O) groups excluding carboxylic acids is 1. The van der Waals surface area contributed by atoms with Gasteiger partial charge in [-0.05, 0) is 53.2 Å². The summed E-state index contributed by atoms with van der Waals surface area (Å²) in [7, 11) is 1.66. The van der Waals surface area contributed by atoms with E-state index >= 15 is 0 Å². The average molecular weight is 351 g/mol. The number of benzene rings is 2. The number of nitrogens with one attached hydrogen (secondary N) is 1. The minimum Gasteiger partial charge on any atom is -0.497 e. The van der Waals surface area contributed by atoms with Crippen LogP contribution in [0, 0.1) is 0 Å². The van der Waals surface area contributed by atoms with Crippen molar-refractivity contribution < 1.29 is 9.53 Å². The topological polar surface area (TPSA) is 38.3 Å². The van der Waals surface area contributed by atoms with Crippen molar-refractivity contribution in [2.24, 2.45) is 0 Å². The van der Waals surface area contributed by atoms with Crippen molar-refractivity contribution in [3.05, 3.63) is 71.3 Å². The average Bonchev–Trinajstić information content (AvgIpc) is 2.63. The Kier molecular flexibility index (Phi) is 7.02. The van der Waals surface area contributed by atoms with Gasteiger partial charge in [-0.1, -0.05) is 57.2 Å². The number of carbonyl (C=O) groups is 1. The molecule has 0 aromatic heterocycles. The van der Waals surface area contributed by atoms with Crippen LogP contribution in [-0.2, 0) is 16.6 Å². The van der Waals surface area contributed by atoms with Crippen LogP contribution in [0.5, 0.6) is 5.75 Å². The molecule has 3 nitrogen and oxygen atoms in total. The van der Waals surface area contributed by atoms with Crippen molar-refractivity contribution in [3.63, 3.8) is 0 Å². The molecule has 26 heavy (non-hydrogen) atoms. The molecule has 2 rings (SSSR count). The Balaban J connectivity index is 1.73. The molecular weight excluding hydrogens is 322 g/mol. The molecule has 0 bridgehead atoms. The zero-order valence-corrected chi connectivity index (χ0v) is 16.2. The van der Waals surface area contributed by atoms with Gasteiger partial charge in [0.05, 0.1) is 7.11 Å². The zero-order valence-electron chi connectivity index (χ0n) is 16.2. The van der Waals surface area contributed by atoms with E-state index in [1.807, 2.05) is 30.3 Å². The standard InChI is InChI=1S/C23H29NO2/c1-23(2,3)20-12-7-19(8-13-20)11-16-22(25)24-17-5-6-18-9-14-21(26-4)15-10-18/h7-16H,5-6,17H2,1-4H3,(H,24,25)/b16-11+. The third kappa shape index (κ3) is 6.40. The lowest BCUT2D eigenvalue weighted by molar-refractivity contribution is -0.116. The summed E-state index contributed by atoms with van der Waals surface area (Å²) in [6, 6.07) is 16.4. The number of hydrogen-bond donors (Lipinski definition) is 1. The summed E-state index contributed by atoms with van der Waals surface area (Å²) >= 11 is 0. The molecule has 0 saturated heterocycles. The summed E-state index contributed by atoms with van der Waals surface area (Å²) in [5.74, 6) is 0.808. The van der Waals surface area contributed by atoms with Gasteiger partial charge in [-0.25, -0.2) is 0 Å². The largest absolute Gasteiger partial charge is 0.497 e. The molecule has 0 aliphatic rings. The van der Waals surface area contributed by atoms with E-state index in [-0.39, 0.29) is 11.3 Å². The summed E-state index contributed by atoms with van der Waals surface area (Å²) in [5.41, 5.74) is 3.71. The Hall–Kier alpha value is -2.55. The lowest BCUT2D eigenvalue weighted by atomic mass is 9.87. The van der Waals surface area contributed by atoms with Crippen molar-refractivity contribution >= 4 is 12.0 Å². The lowest BCUT2D eigenvalue weighted by Gasteiger charge is -2.18. The second-order valence-electron chi connectivity index (χ2n) is 7.45. The summed E-state index contributed by atoms with van der Waals surface area (Å²) in [6.45, 7) is 7.24. The van der Waals surface area contributed by atoms with Crippen molar-refractivity contribution in [2.75, 3.05) is 13.7 Å². The predicted molar refractivity (Wildman–Crippen MR) is 109 cm³/mol. The maximum atomic E-state index is 11.9. The van der Waals surface area contributed by atoms with E-state index in [1.165, 1.54) is 11.1 Å². The minimum absolute atomic E-state index is 0.0559. The van der Waals surface area contributed by atoms with E-state index < -0.39 is 0 Å². The van der Waals surface area contributed by atoms with Crippen LogP contribution in [-0.4, -0.2) is 19.6 Å². The molecule has 1 amide bonds. The fourth-order valence-electron chi connectivity index (χ4n) is 2.62. The number of aryl methyl sites for hydroxylation is 1. The number of amides is 1. The first-order valence-corrected chi connectivity index (χ1v) is 9.08. The van der Waals surface area contributed by atoms with Gasteiger partial charge in [0.15, 0.2) is 0 Å². The molecular formula is C23H29NO2. The highest BCUT2D eigenvalue weighted by Crippen LogP contribution is 2.22. The molecule has 0 aliphatic heterocycles. The van der Waals surface area contributed by atoms with E-state index in [0.717, 1.165) is 24.2 Å². The van der Waals surface area contributed by atoms with Gasteiger partial charge >= 0.3 is 0 Å². The van der Waals surface area contributed by atoms with E-state index in [1.54, 1.807) is 13.2 Å². The SMILES string of the molecule is COc1ccc(CCCNC(=O)/C=C/c2ccc(C(C)(C)C)cc2)cc1. The number of hydrogen-bond acceptors (Lipinski definition) is 2. The van der Waals surface area contributed by atoms with Crippen LogP contribution in [0.4, 0.5) is 0 Å². The summed E-state index contributed by atoms with van der Waals surface area (Å²) in [6.07, 6.45) is 5.29. The molecule has 138 valence electrons. The molecule has 0 atom stereocenters. The van der Waals surface area contributed by atoms with Gasteiger partial charge < -0.3 is 10.1 Å². The highest BCUT2D eigenvalue weighted by molar-refractivity contribution is 5.91. The molecule has 0 unspecified atom stereocenters. The Morgan fingerprint density at radius 3 is 2.27 bits per heavy atom. The van der Waals surface area contributed by atoms with Gasteiger partial charge in [-0.3, -0.25) is 4.79 Å². The summed E-state index contributed by atoms with van der Waals surface area (Å²) in [5, 5.41) is 2.93. The second-order valence-corrected chi connectivity index (χ2v) is 7.45. The third-order valence-corrected chi connectivity index (χ3v) is 4.30. The van der Waals surface area contributed by atoms with Crippen molar-refractivity contribution in [2.45, 2.75) is 39.0 Å². The Morgan fingerprint density at radius 1 is 1.04 bits per heavy atom. The van der Waals surface area contributed by atoms with E-state index in [2.05, 4.69) is 50.4 Å². The fraction of sp³-hybridized carbons (Fsp3) is 0.348. The first-order chi connectivity index (χ1) is 12.4. The Morgan fingerprint density at radius 2 is 1.69 bits per heavy atom. The van der Waals surface area contributed by atoms with Crippen LogP contribution in [0.25, 0.3) is 6.08 Å². The quantitative estimate of drug-likeness (QED) is 0.577. The second kappa shape index (κ2) is 9.23. The van der Waals surface area contributed by atoms with Crippen molar-refractivity contribution in [1.29, 1.82) is 0 Å². The Bertz CT molecular complexity index is 722. The monoisotopic (exact) mass is 351 g/mol. The lowest BCUT2D eigenvalue weighted by Crippen LogP contribution is -2.22. The number of methoxy groups -OCH3 is 1. The maximum absolute atomic E-state index is 11.9. The molecule has 2 aromatic rings. The first-order valence-electron chi connectivity index (χ1n) is 9.08. The highest BCUT2D eigenvalue weighted by atomic mass is 16.5. The summed E-state index contributed by atoms with van der Waals surface area (Å²) in [4.78, 5) is 11.9. The van der Waals surface area contributed by atoms with E-state index in [4.69, 9.17) is 4.74 Å². The normalized spacial score (nSPS) is 11.5. The molecule has 1 N–H and O–H groups in total. The van der Waals surface area contributed by atoms with Crippen molar-refractivity contribution in [3.8, 4) is 5.75 Å².